The molecule has 0 saturated heterocycles. The molecule has 10 heteroatoms. The summed E-state index contributed by atoms with van der Waals surface area (Å²) in [4.78, 5) is 24.3. The summed E-state index contributed by atoms with van der Waals surface area (Å²) in [5, 5.41) is 5.41. The molecule has 0 aliphatic rings. The lowest BCUT2D eigenvalue weighted by Gasteiger charge is -2.09. The molecule has 0 fully saturated rings. The van der Waals surface area contributed by atoms with Crippen LogP contribution in [0, 0.1) is 0 Å². The van der Waals surface area contributed by atoms with Gasteiger partial charge in [-0.3, -0.25) is 20.4 Å². The van der Waals surface area contributed by atoms with Crippen LogP contribution >= 0.6 is 0 Å². The third kappa shape index (κ3) is 5.43. The number of benzene rings is 3. The number of aromatic nitrogens is 1. The topological polar surface area (TPSA) is 130 Å². The molecule has 0 radical (unpaired) electrons. The number of nitrogens with zero attached hydrogens (tertiary/aromatic N) is 1. The molecular formula is C23H20N4O5S. The van der Waals surface area contributed by atoms with Gasteiger partial charge in [0, 0.05) is 24.6 Å². The number of carbonyl (C=O) groups is 2. The SMILES string of the molecule is O=C(CCNS(=O)(=O)c1ccc2ccccc2c1)NNC(=O)c1cc(-c2ccccc2)on1. The van der Waals surface area contributed by atoms with E-state index in [0.717, 1.165) is 16.3 Å². The van der Waals surface area contributed by atoms with E-state index in [4.69, 9.17) is 4.52 Å². The predicted molar refractivity (Wildman–Crippen MR) is 121 cm³/mol. The molecule has 9 nitrogen and oxygen atoms in total. The molecule has 0 atom stereocenters. The Balaban J connectivity index is 1.26. The number of amides is 2. The Kier molecular flexibility index (Phi) is 6.48. The van der Waals surface area contributed by atoms with Crippen LogP contribution < -0.4 is 15.6 Å². The Bertz CT molecular complexity index is 1400. The van der Waals surface area contributed by atoms with Crippen LogP contribution in [0.5, 0.6) is 0 Å². The first-order valence-corrected chi connectivity index (χ1v) is 11.5. The Morgan fingerprint density at radius 3 is 2.36 bits per heavy atom. The molecule has 0 bridgehead atoms. The zero-order valence-corrected chi connectivity index (χ0v) is 18.1. The maximum atomic E-state index is 12.5. The van der Waals surface area contributed by atoms with Crippen molar-refractivity contribution in [2.75, 3.05) is 6.54 Å². The zero-order chi connectivity index (χ0) is 23.3. The van der Waals surface area contributed by atoms with Crippen molar-refractivity contribution in [3.8, 4) is 11.3 Å². The Labute approximate surface area is 189 Å². The number of carbonyl (C=O) groups excluding carboxylic acids is 2. The molecule has 2 amide bonds. The smallest absolute Gasteiger partial charge is 0.291 e. The average Bonchev–Trinajstić information content (AvgIpc) is 3.33. The highest BCUT2D eigenvalue weighted by Crippen LogP contribution is 2.20. The van der Waals surface area contributed by atoms with Crippen LogP contribution in [0.4, 0.5) is 0 Å². The fourth-order valence-corrected chi connectivity index (χ4v) is 4.16. The van der Waals surface area contributed by atoms with Gasteiger partial charge in [-0.1, -0.05) is 65.8 Å². The Hall–Kier alpha value is -4.02. The number of nitrogens with one attached hydrogen (secondary N) is 3. The molecule has 3 N–H and O–H groups in total. The molecule has 0 aliphatic heterocycles. The van der Waals surface area contributed by atoms with Crippen LogP contribution in [-0.4, -0.2) is 31.9 Å². The first kappa shape index (κ1) is 22.2. The van der Waals surface area contributed by atoms with Gasteiger partial charge in [-0.05, 0) is 22.9 Å². The third-order valence-corrected chi connectivity index (χ3v) is 6.25. The fourth-order valence-electron chi connectivity index (χ4n) is 3.09. The molecule has 1 aromatic heterocycles. The number of rotatable bonds is 7. The second kappa shape index (κ2) is 9.63. The fraction of sp³-hybridized carbons (Fsp3) is 0.0870. The summed E-state index contributed by atoms with van der Waals surface area (Å²) in [7, 11) is -3.79. The van der Waals surface area contributed by atoms with Crippen LogP contribution in [0.15, 0.2) is 88.3 Å². The first-order valence-electron chi connectivity index (χ1n) is 10.0. The van der Waals surface area contributed by atoms with Gasteiger partial charge in [0.05, 0.1) is 4.90 Å². The second-order valence-corrected chi connectivity index (χ2v) is 8.87. The van der Waals surface area contributed by atoms with Crippen molar-refractivity contribution < 1.29 is 22.5 Å². The van der Waals surface area contributed by atoms with Crippen molar-refractivity contribution >= 4 is 32.6 Å². The van der Waals surface area contributed by atoms with E-state index >= 15 is 0 Å². The number of hydrogen-bond acceptors (Lipinski definition) is 6. The van der Waals surface area contributed by atoms with Gasteiger partial charge < -0.3 is 4.52 Å². The van der Waals surface area contributed by atoms with Crippen LogP contribution in [0.25, 0.3) is 22.1 Å². The normalized spacial score (nSPS) is 11.3. The van der Waals surface area contributed by atoms with E-state index in [9.17, 15) is 18.0 Å². The monoisotopic (exact) mass is 464 g/mol. The molecule has 3 aromatic carbocycles. The highest BCUT2D eigenvalue weighted by molar-refractivity contribution is 7.89. The number of hydrazine groups is 1. The minimum atomic E-state index is -3.79. The van der Waals surface area contributed by atoms with Gasteiger partial charge >= 0.3 is 0 Å². The molecular weight excluding hydrogens is 444 g/mol. The lowest BCUT2D eigenvalue weighted by Crippen LogP contribution is -2.42. The average molecular weight is 465 g/mol. The van der Waals surface area contributed by atoms with E-state index in [-0.39, 0.29) is 23.6 Å². The van der Waals surface area contributed by atoms with E-state index in [1.807, 2.05) is 54.6 Å². The number of sulfonamides is 1. The maximum Gasteiger partial charge on any atom is 0.291 e. The predicted octanol–water partition coefficient (Wildman–Crippen LogP) is 2.62. The summed E-state index contributed by atoms with van der Waals surface area (Å²) in [6.07, 6.45) is -0.179. The van der Waals surface area contributed by atoms with E-state index in [0.29, 0.717) is 5.76 Å². The van der Waals surface area contributed by atoms with Crippen molar-refractivity contribution in [2.24, 2.45) is 0 Å². The van der Waals surface area contributed by atoms with E-state index in [2.05, 4.69) is 20.7 Å². The Morgan fingerprint density at radius 1 is 0.848 bits per heavy atom. The lowest BCUT2D eigenvalue weighted by molar-refractivity contribution is -0.121. The molecule has 33 heavy (non-hydrogen) atoms. The van der Waals surface area contributed by atoms with E-state index in [1.165, 1.54) is 12.1 Å². The van der Waals surface area contributed by atoms with Crippen LogP contribution in [0.1, 0.15) is 16.9 Å². The van der Waals surface area contributed by atoms with Gasteiger partial charge in [-0.2, -0.15) is 0 Å². The van der Waals surface area contributed by atoms with E-state index < -0.39 is 21.8 Å². The largest absolute Gasteiger partial charge is 0.355 e. The number of hydrogen-bond donors (Lipinski definition) is 3. The summed E-state index contributed by atoms with van der Waals surface area (Å²) in [6, 6.07) is 22.8. The highest BCUT2D eigenvalue weighted by atomic mass is 32.2. The van der Waals surface area contributed by atoms with E-state index in [1.54, 1.807) is 12.1 Å². The first-order chi connectivity index (χ1) is 15.9. The van der Waals surface area contributed by atoms with Crippen molar-refractivity contribution in [3.63, 3.8) is 0 Å². The molecule has 4 aromatic rings. The zero-order valence-electron chi connectivity index (χ0n) is 17.3. The molecule has 0 spiro atoms. The van der Waals surface area contributed by atoms with Crippen LogP contribution in [0.2, 0.25) is 0 Å². The summed E-state index contributed by atoms with van der Waals surface area (Å²) >= 11 is 0. The molecule has 1 heterocycles. The van der Waals surface area contributed by atoms with Crippen molar-refractivity contribution in [1.82, 2.24) is 20.7 Å². The van der Waals surface area contributed by atoms with Gasteiger partial charge in [0.2, 0.25) is 15.9 Å². The van der Waals surface area contributed by atoms with Gasteiger partial charge in [0.1, 0.15) is 0 Å². The minimum absolute atomic E-state index is 0.00819. The summed E-state index contributed by atoms with van der Waals surface area (Å²) < 4.78 is 32.5. The van der Waals surface area contributed by atoms with Gasteiger partial charge in [0.15, 0.2) is 11.5 Å². The van der Waals surface area contributed by atoms with Crippen molar-refractivity contribution in [1.29, 1.82) is 0 Å². The molecule has 4 rings (SSSR count). The lowest BCUT2D eigenvalue weighted by atomic mass is 10.1. The molecule has 168 valence electrons. The molecule has 0 unspecified atom stereocenters. The summed E-state index contributed by atoms with van der Waals surface area (Å²) in [5.41, 5.74) is 5.20. The third-order valence-electron chi connectivity index (χ3n) is 4.79. The van der Waals surface area contributed by atoms with Gasteiger partial charge in [0.25, 0.3) is 5.91 Å². The van der Waals surface area contributed by atoms with Gasteiger partial charge in [-0.15, -0.1) is 0 Å². The van der Waals surface area contributed by atoms with Crippen LogP contribution in [0.3, 0.4) is 0 Å². The quantitative estimate of drug-likeness (QED) is 0.361. The van der Waals surface area contributed by atoms with Gasteiger partial charge in [-0.25, -0.2) is 13.1 Å². The minimum Gasteiger partial charge on any atom is -0.355 e. The standard InChI is InChI=1S/C23H20N4O5S/c28-22(25-26-23(29)20-15-21(32-27-20)17-7-2-1-3-8-17)12-13-24-33(30,31)19-11-10-16-6-4-5-9-18(16)14-19/h1-11,14-15,24H,12-13H2,(H,25,28)(H,26,29). The van der Waals surface area contributed by atoms with Crippen molar-refractivity contribution in [3.05, 3.63) is 84.6 Å². The maximum absolute atomic E-state index is 12.5. The second-order valence-electron chi connectivity index (χ2n) is 7.10. The summed E-state index contributed by atoms with van der Waals surface area (Å²) in [6.45, 7) is -0.140. The number of fused-ring (bicyclic) bond motifs is 1. The Morgan fingerprint density at radius 2 is 1.58 bits per heavy atom. The molecule has 0 saturated carbocycles. The summed E-state index contributed by atoms with van der Waals surface area (Å²) in [5.74, 6) is -0.822. The molecule has 0 aliphatic carbocycles. The van der Waals surface area contributed by atoms with Crippen LogP contribution in [-0.2, 0) is 14.8 Å². The highest BCUT2D eigenvalue weighted by Gasteiger charge is 2.16. The van der Waals surface area contributed by atoms with Crippen molar-refractivity contribution in [2.45, 2.75) is 11.3 Å².